The van der Waals surface area contributed by atoms with Crippen molar-refractivity contribution in [1.82, 2.24) is 10.6 Å². The van der Waals surface area contributed by atoms with Gasteiger partial charge in [0.1, 0.15) is 0 Å². The molecule has 0 aromatic heterocycles. The standard InChI is InChI=1S/C13H26N2O3/c1-3-4-7-18-8-5-6-14-13(16)12-9-11(17-2)10-15-12/h11-12,15H,3-10H2,1-2H3,(H,14,16). The lowest BCUT2D eigenvalue weighted by molar-refractivity contribution is -0.123. The van der Waals surface area contributed by atoms with E-state index in [0.717, 1.165) is 45.4 Å². The van der Waals surface area contributed by atoms with E-state index >= 15 is 0 Å². The Labute approximate surface area is 110 Å². The van der Waals surface area contributed by atoms with Gasteiger partial charge in [0.2, 0.25) is 5.91 Å². The molecule has 0 aromatic carbocycles. The van der Waals surface area contributed by atoms with E-state index in [1.165, 1.54) is 0 Å². The van der Waals surface area contributed by atoms with Crippen molar-refractivity contribution in [2.24, 2.45) is 0 Å². The monoisotopic (exact) mass is 258 g/mol. The summed E-state index contributed by atoms with van der Waals surface area (Å²) in [6.07, 6.45) is 4.06. The van der Waals surface area contributed by atoms with Crippen molar-refractivity contribution in [3.05, 3.63) is 0 Å². The summed E-state index contributed by atoms with van der Waals surface area (Å²) < 4.78 is 10.6. The molecule has 1 saturated heterocycles. The molecule has 1 aliphatic heterocycles. The molecular formula is C13H26N2O3. The molecule has 1 aliphatic rings. The molecule has 1 fully saturated rings. The second-order valence-electron chi connectivity index (χ2n) is 4.66. The quantitative estimate of drug-likeness (QED) is 0.597. The van der Waals surface area contributed by atoms with Gasteiger partial charge in [0.15, 0.2) is 0 Å². The van der Waals surface area contributed by atoms with E-state index in [2.05, 4.69) is 17.6 Å². The molecule has 0 aliphatic carbocycles. The van der Waals surface area contributed by atoms with Gasteiger partial charge < -0.3 is 20.1 Å². The molecule has 0 spiro atoms. The highest BCUT2D eigenvalue weighted by Gasteiger charge is 2.28. The van der Waals surface area contributed by atoms with Gasteiger partial charge in [-0.15, -0.1) is 0 Å². The first-order chi connectivity index (χ1) is 8.77. The minimum absolute atomic E-state index is 0.0723. The van der Waals surface area contributed by atoms with E-state index in [1.807, 2.05) is 0 Å². The van der Waals surface area contributed by atoms with Gasteiger partial charge in [-0.05, 0) is 19.3 Å². The van der Waals surface area contributed by atoms with Crippen LogP contribution in [0.15, 0.2) is 0 Å². The van der Waals surface area contributed by atoms with Crippen molar-refractivity contribution in [2.75, 3.05) is 33.4 Å². The first kappa shape index (κ1) is 15.4. The summed E-state index contributed by atoms with van der Waals surface area (Å²) in [5, 5.41) is 6.08. The summed E-state index contributed by atoms with van der Waals surface area (Å²) in [6.45, 7) is 5.13. The fraction of sp³-hybridized carbons (Fsp3) is 0.923. The Bertz CT molecular complexity index is 236. The highest BCUT2D eigenvalue weighted by molar-refractivity contribution is 5.82. The molecule has 106 valence electrons. The first-order valence-electron chi connectivity index (χ1n) is 6.89. The lowest BCUT2D eigenvalue weighted by Gasteiger charge is -2.11. The number of rotatable bonds is 9. The molecule has 0 aromatic rings. The van der Waals surface area contributed by atoms with Crippen molar-refractivity contribution in [3.8, 4) is 0 Å². The van der Waals surface area contributed by atoms with Crippen molar-refractivity contribution in [1.29, 1.82) is 0 Å². The average Bonchev–Trinajstić information content (AvgIpc) is 2.86. The number of amides is 1. The fourth-order valence-electron chi connectivity index (χ4n) is 1.94. The minimum atomic E-state index is -0.101. The van der Waals surface area contributed by atoms with Gasteiger partial charge in [0, 0.05) is 33.4 Å². The van der Waals surface area contributed by atoms with Crippen LogP contribution in [0.4, 0.5) is 0 Å². The zero-order valence-electron chi connectivity index (χ0n) is 11.5. The van der Waals surface area contributed by atoms with Gasteiger partial charge in [-0.2, -0.15) is 0 Å². The third kappa shape index (κ3) is 5.80. The van der Waals surface area contributed by atoms with Crippen LogP contribution in [-0.4, -0.2) is 51.5 Å². The number of hydrogen-bond donors (Lipinski definition) is 2. The predicted octanol–water partition coefficient (Wildman–Crippen LogP) is 0.686. The Kier molecular flexibility index (Phi) is 7.96. The summed E-state index contributed by atoms with van der Waals surface area (Å²) in [5.41, 5.74) is 0. The second kappa shape index (κ2) is 9.30. The number of unbranched alkanes of at least 4 members (excludes halogenated alkanes) is 1. The van der Waals surface area contributed by atoms with Gasteiger partial charge in [0.05, 0.1) is 12.1 Å². The predicted molar refractivity (Wildman–Crippen MR) is 70.6 cm³/mol. The number of hydrogen-bond acceptors (Lipinski definition) is 4. The van der Waals surface area contributed by atoms with Crippen LogP contribution >= 0.6 is 0 Å². The molecule has 1 rings (SSSR count). The van der Waals surface area contributed by atoms with Gasteiger partial charge in [-0.25, -0.2) is 0 Å². The summed E-state index contributed by atoms with van der Waals surface area (Å²) in [4.78, 5) is 11.8. The van der Waals surface area contributed by atoms with E-state index in [1.54, 1.807) is 7.11 Å². The van der Waals surface area contributed by atoms with Crippen molar-refractivity contribution in [2.45, 2.75) is 44.8 Å². The van der Waals surface area contributed by atoms with Crippen LogP contribution in [-0.2, 0) is 14.3 Å². The molecule has 1 heterocycles. The van der Waals surface area contributed by atoms with E-state index < -0.39 is 0 Å². The number of carbonyl (C=O) groups excluding carboxylic acids is 1. The number of nitrogens with one attached hydrogen (secondary N) is 2. The largest absolute Gasteiger partial charge is 0.381 e. The molecule has 0 saturated carbocycles. The molecule has 5 nitrogen and oxygen atoms in total. The summed E-state index contributed by atoms with van der Waals surface area (Å²) in [6, 6.07) is -0.101. The van der Waals surface area contributed by atoms with Crippen LogP contribution in [0.1, 0.15) is 32.6 Å². The SMILES string of the molecule is CCCCOCCCNC(=O)C1CC(OC)CN1. The van der Waals surface area contributed by atoms with E-state index in [9.17, 15) is 4.79 Å². The van der Waals surface area contributed by atoms with E-state index in [-0.39, 0.29) is 18.1 Å². The maximum Gasteiger partial charge on any atom is 0.237 e. The molecule has 0 bridgehead atoms. The van der Waals surface area contributed by atoms with Crippen LogP contribution in [0.5, 0.6) is 0 Å². The zero-order valence-corrected chi connectivity index (χ0v) is 11.5. The molecule has 1 amide bonds. The second-order valence-corrected chi connectivity index (χ2v) is 4.66. The topological polar surface area (TPSA) is 59.6 Å². The van der Waals surface area contributed by atoms with E-state index in [4.69, 9.17) is 9.47 Å². The highest BCUT2D eigenvalue weighted by Crippen LogP contribution is 2.09. The van der Waals surface area contributed by atoms with Crippen molar-refractivity contribution in [3.63, 3.8) is 0 Å². The Morgan fingerprint density at radius 1 is 1.39 bits per heavy atom. The number of ether oxygens (including phenoxy) is 2. The first-order valence-corrected chi connectivity index (χ1v) is 6.89. The van der Waals surface area contributed by atoms with Crippen LogP contribution in [0.25, 0.3) is 0 Å². The average molecular weight is 258 g/mol. The fourth-order valence-corrected chi connectivity index (χ4v) is 1.94. The third-order valence-corrected chi connectivity index (χ3v) is 3.15. The number of carbonyl (C=O) groups is 1. The Hall–Kier alpha value is -0.650. The smallest absolute Gasteiger partial charge is 0.237 e. The van der Waals surface area contributed by atoms with Crippen LogP contribution in [0.3, 0.4) is 0 Å². The maximum atomic E-state index is 11.8. The van der Waals surface area contributed by atoms with Gasteiger partial charge in [0.25, 0.3) is 0 Å². The molecule has 2 atom stereocenters. The summed E-state index contributed by atoms with van der Waals surface area (Å²) >= 11 is 0. The van der Waals surface area contributed by atoms with E-state index in [0.29, 0.717) is 6.54 Å². The zero-order chi connectivity index (χ0) is 13.2. The van der Waals surface area contributed by atoms with Crippen LogP contribution in [0, 0.1) is 0 Å². The molecule has 0 radical (unpaired) electrons. The van der Waals surface area contributed by atoms with Crippen LogP contribution in [0.2, 0.25) is 0 Å². The molecule has 2 unspecified atom stereocenters. The van der Waals surface area contributed by atoms with Gasteiger partial charge in [-0.1, -0.05) is 13.3 Å². The van der Waals surface area contributed by atoms with Crippen LogP contribution < -0.4 is 10.6 Å². The van der Waals surface area contributed by atoms with Gasteiger partial charge >= 0.3 is 0 Å². The molecule has 2 N–H and O–H groups in total. The normalized spacial score (nSPS) is 23.2. The highest BCUT2D eigenvalue weighted by atomic mass is 16.5. The maximum absolute atomic E-state index is 11.8. The van der Waals surface area contributed by atoms with Crippen molar-refractivity contribution >= 4 is 5.91 Å². The number of methoxy groups -OCH3 is 1. The Morgan fingerprint density at radius 3 is 2.83 bits per heavy atom. The van der Waals surface area contributed by atoms with Gasteiger partial charge in [-0.3, -0.25) is 4.79 Å². The third-order valence-electron chi connectivity index (χ3n) is 3.15. The lowest BCUT2D eigenvalue weighted by atomic mass is 10.2. The Morgan fingerprint density at radius 2 is 2.17 bits per heavy atom. The molecule has 18 heavy (non-hydrogen) atoms. The lowest BCUT2D eigenvalue weighted by Crippen LogP contribution is -2.40. The summed E-state index contributed by atoms with van der Waals surface area (Å²) in [5.74, 6) is 0.0723. The molecular weight excluding hydrogens is 232 g/mol. The molecule has 5 heteroatoms. The minimum Gasteiger partial charge on any atom is -0.381 e. The summed E-state index contributed by atoms with van der Waals surface area (Å²) in [7, 11) is 1.68. The van der Waals surface area contributed by atoms with Crippen molar-refractivity contribution < 1.29 is 14.3 Å². The Balaban J connectivity index is 1.97.